The second-order valence-corrected chi connectivity index (χ2v) is 4.24. The molecule has 82 valence electrons. The summed E-state index contributed by atoms with van der Waals surface area (Å²) in [6.45, 7) is 12.0. The van der Waals surface area contributed by atoms with Crippen LogP contribution in [-0.4, -0.2) is 43.5 Å². The molecule has 3 nitrogen and oxygen atoms in total. The van der Waals surface area contributed by atoms with Gasteiger partial charge in [0.15, 0.2) is 0 Å². The van der Waals surface area contributed by atoms with E-state index < -0.39 is 0 Å². The first-order chi connectivity index (χ1) is 6.74. The number of amidine groups is 1. The predicted octanol–water partition coefficient (Wildman–Crippen LogP) is 1.36. The van der Waals surface area contributed by atoms with Crippen LogP contribution in [0.4, 0.5) is 0 Å². The van der Waals surface area contributed by atoms with Gasteiger partial charge >= 0.3 is 0 Å². The van der Waals surface area contributed by atoms with Crippen molar-refractivity contribution in [3.8, 4) is 0 Å². The van der Waals surface area contributed by atoms with Gasteiger partial charge in [-0.25, -0.2) is 0 Å². The van der Waals surface area contributed by atoms with E-state index in [1.807, 2.05) is 0 Å². The highest BCUT2D eigenvalue weighted by molar-refractivity contribution is 5.82. The van der Waals surface area contributed by atoms with Gasteiger partial charge in [0.2, 0.25) is 0 Å². The first-order valence-corrected chi connectivity index (χ1v) is 5.73. The van der Waals surface area contributed by atoms with Crippen molar-refractivity contribution in [2.75, 3.05) is 32.7 Å². The van der Waals surface area contributed by atoms with Gasteiger partial charge in [0, 0.05) is 39.1 Å². The Bertz CT molecular complexity index is 181. The molecule has 1 aliphatic rings. The van der Waals surface area contributed by atoms with Crippen LogP contribution in [0.5, 0.6) is 0 Å². The lowest BCUT2D eigenvalue weighted by atomic mass is 10.2. The Morgan fingerprint density at radius 1 is 1.36 bits per heavy atom. The van der Waals surface area contributed by atoms with Crippen LogP contribution in [0.1, 0.15) is 27.2 Å². The third kappa shape index (κ3) is 3.66. The monoisotopic (exact) mass is 197 g/mol. The third-order valence-electron chi connectivity index (χ3n) is 2.44. The number of hydrogen-bond donors (Lipinski definition) is 1. The molecule has 1 fully saturated rings. The lowest BCUT2D eigenvalue weighted by molar-refractivity contribution is 0.350. The summed E-state index contributed by atoms with van der Waals surface area (Å²) < 4.78 is 0. The molecule has 0 aromatic heterocycles. The zero-order chi connectivity index (χ0) is 10.4. The Morgan fingerprint density at radius 3 is 2.50 bits per heavy atom. The molecule has 1 N–H and O–H groups in total. The molecular formula is C11H23N3. The van der Waals surface area contributed by atoms with Crippen molar-refractivity contribution in [2.45, 2.75) is 27.2 Å². The van der Waals surface area contributed by atoms with Gasteiger partial charge in [-0.3, -0.25) is 4.99 Å². The van der Waals surface area contributed by atoms with Crippen LogP contribution in [0.2, 0.25) is 0 Å². The zero-order valence-corrected chi connectivity index (χ0v) is 9.71. The molecule has 0 unspecified atom stereocenters. The van der Waals surface area contributed by atoms with Gasteiger partial charge in [-0.15, -0.1) is 0 Å². The summed E-state index contributed by atoms with van der Waals surface area (Å²) in [7, 11) is 0. The van der Waals surface area contributed by atoms with E-state index in [0.717, 1.165) is 39.1 Å². The van der Waals surface area contributed by atoms with Crippen LogP contribution in [-0.2, 0) is 0 Å². The van der Waals surface area contributed by atoms with E-state index in [0.29, 0.717) is 5.92 Å². The lowest BCUT2D eigenvalue weighted by Crippen LogP contribution is -2.46. The molecule has 14 heavy (non-hydrogen) atoms. The minimum Gasteiger partial charge on any atom is -0.358 e. The number of hydrogen-bond acceptors (Lipinski definition) is 2. The minimum absolute atomic E-state index is 0.666. The summed E-state index contributed by atoms with van der Waals surface area (Å²) in [5.74, 6) is 1.96. The van der Waals surface area contributed by atoms with Gasteiger partial charge in [0.25, 0.3) is 0 Å². The number of rotatable bonds is 3. The number of nitrogens with zero attached hydrogens (tertiary/aromatic N) is 2. The summed E-state index contributed by atoms with van der Waals surface area (Å²) in [4.78, 5) is 7.10. The molecule has 0 saturated carbocycles. The molecule has 1 rings (SSSR count). The zero-order valence-electron chi connectivity index (χ0n) is 9.71. The molecule has 1 heterocycles. The highest BCUT2D eigenvalue weighted by Crippen LogP contribution is 2.01. The van der Waals surface area contributed by atoms with Crippen molar-refractivity contribution in [3.05, 3.63) is 0 Å². The van der Waals surface area contributed by atoms with E-state index in [1.54, 1.807) is 0 Å². The average molecular weight is 197 g/mol. The van der Waals surface area contributed by atoms with Gasteiger partial charge in [-0.05, 0) is 5.92 Å². The Kier molecular flexibility index (Phi) is 4.94. The molecular weight excluding hydrogens is 174 g/mol. The lowest BCUT2D eigenvalue weighted by Gasteiger charge is -2.30. The fourth-order valence-corrected chi connectivity index (χ4v) is 1.65. The SMILES string of the molecule is CC/C(=N/CC(C)C)N1CCNCC1. The second-order valence-electron chi connectivity index (χ2n) is 4.24. The van der Waals surface area contributed by atoms with Gasteiger partial charge in [-0.2, -0.15) is 0 Å². The van der Waals surface area contributed by atoms with Crippen molar-refractivity contribution in [1.29, 1.82) is 0 Å². The van der Waals surface area contributed by atoms with E-state index in [-0.39, 0.29) is 0 Å². The van der Waals surface area contributed by atoms with Crippen LogP contribution in [0, 0.1) is 5.92 Å². The molecule has 0 amide bonds. The molecule has 0 atom stereocenters. The van der Waals surface area contributed by atoms with Gasteiger partial charge < -0.3 is 10.2 Å². The molecule has 0 aromatic carbocycles. The topological polar surface area (TPSA) is 27.6 Å². The van der Waals surface area contributed by atoms with Gasteiger partial charge in [0.05, 0.1) is 5.84 Å². The van der Waals surface area contributed by atoms with Crippen molar-refractivity contribution in [1.82, 2.24) is 10.2 Å². The maximum Gasteiger partial charge on any atom is 0.0987 e. The van der Waals surface area contributed by atoms with E-state index in [4.69, 9.17) is 0 Å². The second kappa shape index (κ2) is 6.02. The van der Waals surface area contributed by atoms with E-state index in [2.05, 4.69) is 36.0 Å². The highest BCUT2D eigenvalue weighted by atomic mass is 15.2. The standard InChI is InChI=1S/C11H23N3/c1-4-11(13-9-10(2)3)14-7-5-12-6-8-14/h10,12H,4-9H2,1-3H3/b13-11-. The quantitative estimate of drug-likeness (QED) is 0.546. The molecule has 3 heteroatoms. The van der Waals surface area contributed by atoms with Gasteiger partial charge in [0.1, 0.15) is 0 Å². The van der Waals surface area contributed by atoms with Crippen molar-refractivity contribution >= 4 is 5.84 Å². The highest BCUT2D eigenvalue weighted by Gasteiger charge is 2.12. The molecule has 1 aliphatic heterocycles. The van der Waals surface area contributed by atoms with E-state index >= 15 is 0 Å². The van der Waals surface area contributed by atoms with Crippen molar-refractivity contribution in [2.24, 2.45) is 10.9 Å². The predicted molar refractivity (Wildman–Crippen MR) is 61.9 cm³/mol. The maximum absolute atomic E-state index is 4.68. The maximum atomic E-state index is 4.68. The third-order valence-corrected chi connectivity index (χ3v) is 2.44. The summed E-state index contributed by atoms with van der Waals surface area (Å²) in [6, 6.07) is 0. The molecule has 0 spiro atoms. The first-order valence-electron chi connectivity index (χ1n) is 5.73. The molecule has 0 bridgehead atoms. The van der Waals surface area contributed by atoms with Gasteiger partial charge in [-0.1, -0.05) is 20.8 Å². The fourth-order valence-electron chi connectivity index (χ4n) is 1.65. The molecule has 0 aliphatic carbocycles. The van der Waals surface area contributed by atoms with Crippen LogP contribution >= 0.6 is 0 Å². The summed E-state index contributed by atoms with van der Waals surface area (Å²) in [6.07, 6.45) is 1.06. The van der Waals surface area contributed by atoms with E-state index in [1.165, 1.54) is 5.84 Å². The Balaban J connectivity index is 2.46. The Morgan fingerprint density at radius 2 is 2.00 bits per heavy atom. The van der Waals surface area contributed by atoms with Crippen LogP contribution in [0.15, 0.2) is 4.99 Å². The summed E-state index contributed by atoms with van der Waals surface area (Å²) in [5, 5.41) is 3.36. The number of nitrogens with one attached hydrogen (secondary N) is 1. The fraction of sp³-hybridized carbons (Fsp3) is 0.909. The molecule has 0 aromatic rings. The van der Waals surface area contributed by atoms with Crippen molar-refractivity contribution < 1.29 is 0 Å². The number of aliphatic imine (C=N–C) groups is 1. The Hall–Kier alpha value is -0.570. The molecule has 1 saturated heterocycles. The van der Waals surface area contributed by atoms with Crippen LogP contribution in [0.25, 0.3) is 0 Å². The summed E-state index contributed by atoms with van der Waals surface area (Å²) in [5.41, 5.74) is 0. The summed E-state index contributed by atoms with van der Waals surface area (Å²) >= 11 is 0. The Labute approximate surface area is 87.6 Å². The number of piperazine rings is 1. The van der Waals surface area contributed by atoms with Crippen molar-refractivity contribution in [3.63, 3.8) is 0 Å². The first kappa shape index (κ1) is 11.5. The average Bonchev–Trinajstić information content (AvgIpc) is 2.20. The largest absolute Gasteiger partial charge is 0.358 e. The normalized spacial score (nSPS) is 19.1. The smallest absolute Gasteiger partial charge is 0.0987 e. The minimum atomic E-state index is 0.666. The van der Waals surface area contributed by atoms with Crippen LogP contribution in [0.3, 0.4) is 0 Å². The van der Waals surface area contributed by atoms with Crippen LogP contribution < -0.4 is 5.32 Å². The van der Waals surface area contributed by atoms with E-state index in [9.17, 15) is 0 Å². The molecule has 0 radical (unpaired) electrons.